The lowest BCUT2D eigenvalue weighted by Crippen LogP contribution is -3.17. The number of benzene rings is 1. The van der Waals surface area contributed by atoms with Crippen molar-refractivity contribution in [2.45, 2.75) is 25.3 Å². The third-order valence-corrected chi connectivity index (χ3v) is 4.90. The van der Waals surface area contributed by atoms with Crippen molar-refractivity contribution in [1.29, 1.82) is 0 Å². The Balaban J connectivity index is 1.73. The Morgan fingerprint density at radius 3 is 2.57 bits per heavy atom. The molecular formula is C16H17ClN2O4. The summed E-state index contributed by atoms with van der Waals surface area (Å²) in [5.74, 6) is -1.95. The summed E-state index contributed by atoms with van der Waals surface area (Å²) in [5.41, 5.74) is 0.485. The topological polar surface area (TPSA) is 81.9 Å². The van der Waals surface area contributed by atoms with Crippen LogP contribution in [0.5, 0.6) is 0 Å². The summed E-state index contributed by atoms with van der Waals surface area (Å²) in [6, 6.07) is 6.22. The van der Waals surface area contributed by atoms with Gasteiger partial charge in [0, 0.05) is 29.8 Å². The van der Waals surface area contributed by atoms with E-state index in [1.807, 2.05) is 0 Å². The van der Waals surface area contributed by atoms with Crippen LogP contribution >= 0.6 is 11.6 Å². The van der Waals surface area contributed by atoms with Gasteiger partial charge in [-0.05, 0) is 18.2 Å². The molecule has 3 rings (SSSR count). The Hall–Kier alpha value is -1.92. The largest absolute Gasteiger partial charge is 0.550 e. The summed E-state index contributed by atoms with van der Waals surface area (Å²) >= 11 is 5.93. The fourth-order valence-electron chi connectivity index (χ4n) is 3.41. The van der Waals surface area contributed by atoms with E-state index in [4.69, 9.17) is 11.6 Å². The van der Waals surface area contributed by atoms with Crippen LogP contribution in [0.15, 0.2) is 24.3 Å². The number of hydrogen-bond acceptors (Lipinski definition) is 4. The number of piperidine rings is 1. The van der Waals surface area contributed by atoms with Gasteiger partial charge in [0.05, 0.1) is 25.2 Å². The first-order chi connectivity index (χ1) is 11.0. The van der Waals surface area contributed by atoms with Crippen molar-refractivity contribution in [2.75, 3.05) is 18.0 Å². The maximum absolute atomic E-state index is 12.7. The highest BCUT2D eigenvalue weighted by Gasteiger charge is 2.46. The molecule has 2 fully saturated rings. The van der Waals surface area contributed by atoms with E-state index in [9.17, 15) is 19.5 Å². The van der Waals surface area contributed by atoms with Crippen molar-refractivity contribution >= 4 is 35.1 Å². The van der Waals surface area contributed by atoms with Crippen molar-refractivity contribution in [2.24, 2.45) is 5.92 Å². The first-order valence-electron chi connectivity index (χ1n) is 7.65. The van der Waals surface area contributed by atoms with Crippen LogP contribution in [0.2, 0.25) is 5.02 Å². The Bertz CT molecular complexity index is 655. The van der Waals surface area contributed by atoms with Gasteiger partial charge in [0.25, 0.3) is 5.91 Å². The van der Waals surface area contributed by atoms with Gasteiger partial charge in [-0.1, -0.05) is 17.7 Å². The number of likely N-dealkylation sites (tertiary alicyclic amines) is 1. The van der Waals surface area contributed by atoms with E-state index < -0.39 is 17.9 Å². The van der Waals surface area contributed by atoms with E-state index in [1.54, 1.807) is 24.3 Å². The first kappa shape index (κ1) is 16.0. The Morgan fingerprint density at radius 1 is 1.26 bits per heavy atom. The van der Waals surface area contributed by atoms with Gasteiger partial charge >= 0.3 is 0 Å². The van der Waals surface area contributed by atoms with E-state index in [0.29, 0.717) is 36.6 Å². The second-order valence-corrected chi connectivity index (χ2v) is 6.49. The quantitative estimate of drug-likeness (QED) is 0.719. The van der Waals surface area contributed by atoms with E-state index >= 15 is 0 Å². The molecule has 2 saturated heterocycles. The normalized spacial score (nSPS) is 28.2. The van der Waals surface area contributed by atoms with Crippen LogP contribution in [0.3, 0.4) is 0 Å². The minimum atomic E-state index is -1.03. The summed E-state index contributed by atoms with van der Waals surface area (Å²) in [7, 11) is 0. The zero-order chi connectivity index (χ0) is 16.6. The Morgan fingerprint density at radius 2 is 1.96 bits per heavy atom. The number of aliphatic carboxylic acids is 1. The molecule has 1 atom stereocenters. The molecule has 1 aromatic rings. The monoisotopic (exact) mass is 336 g/mol. The number of halogens is 1. The predicted molar refractivity (Wildman–Crippen MR) is 80.8 cm³/mol. The van der Waals surface area contributed by atoms with Gasteiger partial charge in [-0.3, -0.25) is 9.59 Å². The third-order valence-electron chi connectivity index (χ3n) is 4.67. The molecule has 23 heavy (non-hydrogen) atoms. The molecule has 0 unspecified atom stereocenters. The van der Waals surface area contributed by atoms with Crippen LogP contribution in [0.25, 0.3) is 0 Å². The molecule has 1 aromatic carbocycles. The summed E-state index contributed by atoms with van der Waals surface area (Å²) < 4.78 is 0. The molecular weight excluding hydrogens is 320 g/mol. The van der Waals surface area contributed by atoms with Crippen molar-refractivity contribution in [1.82, 2.24) is 0 Å². The van der Waals surface area contributed by atoms with Crippen LogP contribution in [0.4, 0.5) is 5.69 Å². The predicted octanol–water partition coefficient (Wildman–Crippen LogP) is -0.983. The number of carboxylic acid groups (broad SMARTS) is 1. The highest BCUT2D eigenvalue weighted by atomic mass is 35.5. The minimum Gasteiger partial charge on any atom is -0.550 e. The number of amides is 2. The van der Waals surface area contributed by atoms with Crippen molar-refractivity contribution in [3.63, 3.8) is 0 Å². The number of rotatable bonds is 3. The highest BCUT2D eigenvalue weighted by Crippen LogP contribution is 2.25. The SMILES string of the molecule is O=C([O-])C1CC[NH+]([C@@H]2CC(=O)N(c3cccc(Cl)c3)C2=O)CC1. The minimum absolute atomic E-state index is 0.149. The number of carbonyl (C=O) groups is 3. The van der Waals surface area contributed by atoms with Gasteiger partial charge in [0.2, 0.25) is 5.91 Å². The summed E-state index contributed by atoms with van der Waals surface area (Å²) in [6.07, 6.45) is 1.11. The maximum atomic E-state index is 12.7. The zero-order valence-electron chi connectivity index (χ0n) is 12.5. The van der Waals surface area contributed by atoms with Crippen molar-refractivity contribution in [3.05, 3.63) is 29.3 Å². The molecule has 122 valence electrons. The fourth-order valence-corrected chi connectivity index (χ4v) is 3.59. The van der Waals surface area contributed by atoms with Gasteiger partial charge < -0.3 is 14.8 Å². The van der Waals surface area contributed by atoms with Gasteiger partial charge in [-0.2, -0.15) is 0 Å². The van der Waals surface area contributed by atoms with Gasteiger partial charge in [-0.25, -0.2) is 4.90 Å². The summed E-state index contributed by atoms with van der Waals surface area (Å²) in [6.45, 7) is 1.12. The van der Waals surface area contributed by atoms with Crippen LogP contribution in [-0.2, 0) is 14.4 Å². The molecule has 2 aliphatic heterocycles. The molecule has 6 nitrogen and oxygen atoms in total. The number of carbonyl (C=O) groups excluding carboxylic acids is 3. The molecule has 7 heteroatoms. The standard InChI is InChI=1S/C16H17ClN2O4/c17-11-2-1-3-12(8-11)19-14(20)9-13(15(19)21)18-6-4-10(5-7-18)16(22)23/h1-3,8,10,13H,4-7,9H2,(H,22,23)/t13-/m1/s1. The van der Waals surface area contributed by atoms with Crippen LogP contribution in [0.1, 0.15) is 19.3 Å². The molecule has 2 heterocycles. The molecule has 2 aliphatic rings. The molecule has 0 radical (unpaired) electrons. The second kappa shape index (κ2) is 6.29. The highest BCUT2D eigenvalue weighted by molar-refractivity contribution is 6.31. The number of anilines is 1. The van der Waals surface area contributed by atoms with E-state index in [-0.39, 0.29) is 18.2 Å². The van der Waals surface area contributed by atoms with Gasteiger partial charge in [-0.15, -0.1) is 0 Å². The molecule has 0 saturated carbocycles. The van der Waals surface area contributed by atoms with Gasteiger partial charge in [0.15, 0.2) is 6.04 Å². The van der Waals surface area contributed by atoms with Gasteiger partial charge in [0.1, 0.15) is 0 Å². The van der Waals surface area contributed by atoms with Crippen LogP contribution < -0.4 is 14.9 Å². The molecule has 0 bridgehead atoms. The number of carboxylic acids is 1. The van der Waals surface area contributed by atoms with Crippen LogP contribution in [0, 0.1) is 5.92 Å². The Labute approximate surface area is 138 Å². The lowest BCUT2D eigenvalue weighted by molar-refractivity contribution is -0.920. The average molecular weight is 337 g/mol. The van der Waals surface area contributed by atoms with E-state index in [2.05, 4.69) is 0 Å². The summed E-state index contributed by atoms with van der Waals surface area (Å²) in [4.78, 5) is 38.0. The molecule has 0 spiro atoms. The fraction of sp³-hybridized carbons (Fsp3) is 0.438. The van der Waals surface area contributed by atoms with E-state index in [0.717, 1.165) is 4.90 Å². The first-order valence-corrected chi connectivity index (χ1v) is 8.03. The number of hydrogen-bond donors (Lipinski definition) is 1. The lowest BCUT2D eigenvalue weighted by atomic mass is 9.96. The van der Waals surface area contributed by atoms with Crippen LogP contribution in [-0.4, -0.2) is 36.9 Å². The Kier molecular flexibility index (Phi) is 4.37. The van der Waals surface area contributed by atoms with E-state index in [1.165, 1.54) is 4.90 Å². The smallest absolute Gasteiger partial charge is 0.292 e. The molecule has 2 amide bonds. The zero-order valence-corrected chi connectivity index (χ0v) is 13.2. The molecule has 1 N–H and O–H groups in total. The number of quaternary nitrogens is 1. The number of nitrogens with one attached hydrogen (secondary N) is 1. The lowest BCUT2D eigenvalue weighted by Gasteiger charge is -2.32. The van der Waals surface area contributed by atoms with Crippen molar-refractivity contribution < 1.29 is 24.4 Å². The summed E-state index contributed by atoms with van der Waals surface area (Å²) in [5, 5.41) is 11.4. The average Bonchev–Trinajstić information content (AvgIpc) is 2.82. The third kappa shape index (κ3) is 3.09. The molecule has 0 aromatic heterocycles. The number of nitrogens with zero attached hydrogens (tertiary/aromatic N) is 1. The second-order valence-electron chi connectivity index (χ2n) is 6.06. The molecule has 0 aliphatic carbocycles. The number of imide groups is 1. The van der Waals surface area contributed by atoms with Crippen molar-refractivity contribution in [3.8, 4) is 0 Å². The maximum Gasteiger partial charge on any atom is 0.292 e.